The lowest BCUT2D eigenvalue weighted by atomic mass is 9.56. The highest BCUT2D eigenvalue weighted by Crippen LogP contribution is 2.40. The van der Waals surface area contributed by atoms with Crippen LogP contribution in [0.15, 0.2) is 18.2 Å². The van der Waals surface area contributed by atoms with Crippen LogP contribution in [-0.4, -0.2) is 70.0 Å². The fraction of sp³-hybridized carbons (Fsp3) is 0.619. The van der Waals surface area contributed by atoms with Crippen molar-refractivity contribution in [3.05, 3.63) is 28.8 Å². The van der Waals surface area contributed by atoms with Crippen molar-refractivity contribution in [2.45, 2.75) is 44.4 Å². The number of benzene rings is 1. The van der Waals surface area contributed by atoms with Crippen LogP contribution >= 0.6 is 11.6 Å². The minimum atomic E-state index is -1.28. The number of carbonyl (C=O) groups is 2. The van der Waals surface area contributed by atoms with Crippen molar-refractivity contribution < 1.29 is 9.59 Å². The number of carbonyl (C=O) groups excluding carboxylic acids is 2. The Hall–Kier alpha value is -1.66. The van der Waals surface area contributed by atoms with Gasteiger partial charge >= 0.3 is 0 Å². The summed E-state index contributed by atoms with van der Waals surface area (Å²) in [6, 6.07) is 5.05. The van der Waals surface area contributed by atoms with Crippen LogP contribution in [0.25, 0.3) is 0 Å². The maximum atomic E-state index is 12.5. The van der Waals surface area contributed by atoms with Gasteiger partial charge in [-0.3, -0.25) is 9.59 Å². The number of piperazine rings is 1. The van der Waals surface area contributed by atoms with E-state index in [0.29, 0.717) is 48.9 Å². The number of amides is 2. The molecule has 1 aromatic rings. The fourth-order valence-electron chi connectivity index (χ4n) is 4.51. The largest absolute Gasteiger partial charge is 0.398 e. The highest BCUT2D eigenvalue weighted by Gasteiger charge is 2.34. The van der Waals surface area contributed by atoms with Crippen molar-refractivity contribution >= 4 is 44.8 Å². The van der Waals surface area contributed by atoms with Gasteiger partial charge in [-0.05, 0) is 47.4 Å². The molecule has 1 saturated heterocycles. The molecule has 158 valence electrons. The smallest absolute Gasteiger partial charge is 0.242 e. The van der Waals surface area contributed by atoms with E-state index in [2.05, 4.69) is 12.2 Å². The van der Waals surface area contributed by atoms with E-state index in [1.54, 1.807) is 23.1 Å². The van der Waals surface area contributed by atoms with Gasteiger partial charge in [0.05, 0.1) is 22.2 Å². The average Bonchev–Trinajstić information content (AvgIpc) is 3.13. The molecule has 1 heterocycles. The molecule has 0 atom stereocenters. The molecule has 0 aromatic heterocycles. The molecule has 0 spiro atoms. The van der Waals surface area contributed by atoms with E-state index in [0.717, 1.165) is 12.8 Å². The van der Waals surface area contributed by atoms with Crippen LogP contribution in [0.3, 0.4) is 0 Å². The molecule has 3 N–H and O–H groups in total. The van der Waals surface area contributed by atoms with Gasteiger partial charge in [0.15, 0.2) is 0 Å². The summed E-state index contributed by atoms with van der Waals surface area (Å²) in [5.41, 5.74) is 7.15. The number of nitrogens with two attached hydrogens (primary N) is 1. The van der Waals surface area contributed by atoms with Crippen LogP contribution < -0.4 is 11.1 Å². The Bertz CT molecular complexity index is 791. The van der Waals surface area contributed by atoms with Crippen LogP contribution in [0.2, 0.25) is 5.02 Å². The van der Waals surface area contributed by atoms with Gasteiger partial charge in [-0.15, -0.1) is 0 Å². The molecule has 1 saturated carbocycles. The first-order valence-corrected chi connectivity index (χ1v) is 10.9. The Morgan fingerprint density at radius 1 is 1.20 bits per heavy atom. The Morgan fingerprint density at radius 3 is 2.47 bits per heavy atom. The Morgan fingerprint density at radius 2 is 1.83 bits per heavy atom. The zero-order valence-corrected chi connectivity index (χ0v) is 18.4. The van der Waals surface area contributed by atoms with E-state index in [4.69, 9.17) is 33.0 Å². The van der Waals surface area contributed by atoms with Gasteiger partial charge < -0.3 is 20.9 Å². The highest BCUT2D eigenvalue weighted by molar-refractivity contribution is 6.40. The van der Waals surface area contributed by atoms with Crippen LogP contribution in [0.1, 0.15) is 44.6 Å². The number of nitrogens with zero attached hydrogens (tertiary/aromatic N) is 2. The summed E-state index contributed by atoms with van der Waals surface area (Å²) in [5, 5.41) is 2.02. The highest BCUT2D eigenvalue weighted by atomic mass is 35.5. The summed E-state index contributed by atoms with van der Waals surface area (Å²) in [6.45, 7) is 4.12. The van der Waals surface area contributed by atoms with Crippen molar-refractivity contribution in [1.82, 2.24) is 15.1 Å². The predicted molar refractivity (Wildman–Crippen MR) is 121 cm³/mol. The third-order valence-electron chi connectivity index (χ3n) is 6.44. The van der Waals surface area contributed by atoms with Crippen molar-refractivity contribution in [2.75, 3.05) is 38.5 Å². The van der Waals surface area contributed by atoms with Crippen molar-refractivity contribution in [3.8, 4) is 0 Å². The van der Waals surface area contributed by atoms with Gasteiger partial charge in [-0.1, -0.05) is 31.4 Å². The maximum Gasteiger partial charge on any atom is 0.242 e. The summed E-state index contributed by atoms with van der Waals surface area (Å²) in [4.78, 5) is 28.4. The zero-order chi connectivity index (χ0) is 21.9. The van der Waals surface area contributed by atoms with Crippen LogP contribution in [0.5, 0.6) is 0 Å². The lowest BCUT2D eigenvalue weighted by molar-refractivity contribution is -0.135. The molecule has 2 amide bonds. The Labute approximate surface area is 186 Å². The first-order valence-electron chi connectivity index (χ1n) is 10.5. The third-order valence-corrected chi connectivity index (χ3v) is 6.67. The lowest BCUT2D eigenvalue weighted by Crippen LogP contribution is -2.58. The number of nitrogen functional groups attached to an aromatic ring is 1. The zero-order valence-electron chi connectivity index (χ0n) is 17.6. The monoisotopic (exact) mass is 426 g/mol. The number of rotatable bonds is 6. The van der Waals surface area contributed by atoms with Gasteiger partial charge in [0, 0.05) is 43.3 Å². The Kier molecular flexibility index (Phi) is 7.08. The van der Waals surface area contributed by atoms with E-state index in [1.807, 2.05) is 4.90 Å². The SMILES string of the molecule is [B]C([B])(c1cc(Cl)ccc1N)N1CCN(C(=O)CNC(=O)CC2(C)CCCC2)CC1. The summed E-state index contributed by atoms with van der Waals surface area (Å²) in [5.74, 6) is -0.146. The van der Waals surface area contributed by atoms with Crippen LogP contribution in [0.4, 0.5) is 5.69 Å². The second-order valence-corrected chi connectivity index (χ2v) is 9.33. The lowest BCUT2D eigenvalue weighted by Gasteiger charge is -2.46. The van der Waals surface area contributed by atoms with Crippen molar-refractivity contribution in [3.63, 3.8) is 0 Å². The first kappa shape index (κ1) is 23.0. The molecule has 4 radical (unpaired) electrons. The second-order valence-electron chi connectivity index (χ2n) is 8.90. The van der Waals surface area contributed by atoms with Gasteiger partial charge in [0.2, 0.25) is 11.8 Å². The predicted octanol–water partition coefficient (Wildman–Crippen LogP) is 1.60. The normalized spacial score (nSPS) is 19.6. The molecule has 6 nitrogen and oxygen atoms in total. The Balaban J connectivity index is 1.49. The molecule has 0 unspecified atom stereocenters. The minimum absolute atomic E-state index is 0.0204. The molecular weight excluding hydrogens is 397 g/mol. The molecule has 2 aliphatic rings. The minimum Gasteiger partial charge on any atom is -0.398 e. The van der Waals surface area contributed by atoms with Gasteiger partial charge in [-0.25, -0.2) is 0 Å². The number of hydrogen-bond donors (Lipinski definition) is 2. The van der Waals surface area contributed by atoms with Gasteiger partial charge in [-0.2, -0.15) is 0 Å². The fourth-order valence-corrected chi connectivity index (χ4v) is 4.69. The quantitative estimate of drug-likeness (QED) is 0.535. The van der Waals surface area contributed by atoms with Crippen LogP contribution in [0, 0.1) is 5.41 Å². The van der Waals surface area contributed by atoms with E-state index in [1.165, 1.54) is 12.8 Å². The summed E-state index contributed by atoms with van der Waals surface area (Å²) in [6.07, 6.45) is 4.99. The number of hydrogen-bond acceptors (Lipinski definition) is 4. The summed E-state index contributed by atoms with van der Waals surface area (Å²) >= 11 is 6.08. The molecule has 9 heteroatoms. The molecule has 1 aromatic carbocycles. The summed E-state index contributed by atoms with van der Waals surface area (Å²) < 4.78 is 0. The molecule has 2 fully saturated rings. The van der Waals surface area contributed by atoms with Gasteiger partial charge in [0.1, 0.15) is 0 Å². The number of nitrogens with one attached hydrogen (secondary N) is 1. The topological polar surface area (TPSA) is 78.7 Å². The average molecular weight is 427 g/mol. The number of halogens is 1. The van der Waals surface area contributed by atoms with E-state index in [9.17, 15) is 9.59 Å². The van der Waals surface area contributed by atoms with E-state index < -0.39 is 5.34 Å². The molecule has 1 aliphatic heterocycles. The molecule has 3 rings (SSSR count). The maximum absolute atomic E-state index is 12.5. The summed E-state index contributed by atoms with van der Waals surface area (Å²) in [7, 11) is 12.8. The van der Waals surface area contributed by atoms with Crippen molar-refractivity contribution in [2.24, 2.45) is 5.41 Å². The van der Waals surface area contributed by atoms with E-state index in [-0.39, 0.29) is 23.8 Å². The first-order chi connectivity index (χ1) is 14.1. The third kappa shape index (κ3) is 5.33. The standard InChI is InChI=1S/C21H29B2ClN4O2/c1-20(6-2-3-7-20)13-18(29)26-14-19(30)27-8-10-28(11-9-27)21(22,23)16-12-15(24)4-5-17(16)25/h4-5,12H,2-3,6-11,13-14,25H2,1H3,(H,26,29). The molecule has 0 bridgehead atoms. The molecule has 1 aliphatic carbocycles. The number of anilines is 1. The molecular formula is C21H29B2ClN4O2. The van der Waals surface area contributed by atoms with Gasteiger partial charge in [0.25, 0.3) is 0 Å². The van der Waals surface area contributed by atoms with Crippen LogP contribution in [-0.2, 0) is 14.9 Å². The van der Waals surface area contributed by atoms with Crippen molar-refractivity contribution in [1.29, 1.82) is 0 Å². The second kappa shape index (κ2) is 9.23. The van der Waals surface area contributed by atoms with E-state index >= 15 is 0 Å². The molecule has 30 heavy (non-hydrogen) atoms.